The van der Waals surface area contributed by atoms with Crippen LogP contribution in [0, 0.1) is 6.92 Å². The lowest BCUT2D eigenvalue weighted by Crippen LogP contribution is -2.47. The van der Waals surface area contributed by atoms with Gasteiger partial charge in [-0.1, -0.05) is 23.7 Å². The van der Waals surface area contributed by atoms with E-state index < -0.39 is 26.7 Å². The van der Waals surface area contributed by atoms with E-state index in [0.717, 1.165) is 38.3 Å². The molecule has 10 heteroatoms. The van der Waals surface area contributed by atoms with E-state index in [-0.39, 0.29) is 11.6 Å². The Morgan fingerprint density at radius 2 is 1.77 bits per heavy atom. The van der Waals surface area contributed by atoms with Crippen LogP contribution in [0.2, 0.25) is 5.02 Å². The van der Waals surface area contributed by atoms with Crippen LogP contribution in [0.1, 0.15) is 17.5 Å². The molecule has 2 aromatic carbocycles. The number of nitrogens with one attached hydrogen (secondary N) is 1. The molecule has 0 aromatic heterocycles. The molecule has 31 heavy (non-hydrogen) atoms. The molecule has 2 aromatic rings. The highest BCUT2D eigenvalue weighted by molar-refractivity contribution is 7.89. The number of alkyl halides is 3. The number of anilines is 1. The van der Waals surface area contributed by atoms with Crippen molar-refractivity contribution >= 4 is 27.3 Å². The highest BCUT2D eigenvalue weighted by Crippen LogP contribution is 2.35. The Bertz CT molecular complexity index is 1010. The molecule has 3 rings (SSSR count). The Kier molecular flexibility index (Phi) is 7.51. The lowest BCUT2D eigenvalue weighted by Gasteiger charge is -2.36. The molecule has 0 radical (unpaired) electrons. The predicted octanol–water partition coefficient (Wildman–Crippen LogP) is 4.16. The highest BCUT2D eigenvalue weighted by Gasteiger charge is 2.37. The van der Waals surface area contributed by atoms with E-state index in [2.05, 4.69) is 39.6 Å². The number of sulfonamides is 1. The molecule has 0 aliphatic carbocycles. The number of nitrogens with zero attached hydrogens (tertiary/aromatic N) is 2. The third kappa shape index (κ3) is 6.35. The fourth-order valence-corrected chi connectivity index (χ4v) is 5.05. The summed E-state index contributed by atoms with van der Waals surface area (Å²) in [7, 11) is -4.30. The van der Waals surface area contributed by atoms with E-state index >= 15 is 0 Å². The van der Waals surface area contributed by atoms with Gasteiger partial charge in [0, 0.05) is 43.4 Å². The van der Waals surface area contributed by atoms with Crippen molar-refractivity contribution in [3.05, 3.63) is 58.6 Å². The maximum Gasteiger partial charge on any atom is 0.417 e. The minimum absolute atomic E-state index is 0.0559. The molecule has 1 aliphatic rings. The number of halogens is 4. The Morgan fingerprint density at radius 3 is 2.42 bits per heavy atom. The van der Waals surface area contributed by atoms with Gasteiger partial charge in [-0.3, -0.25) is 4.90 Å². The quantitative estimate of drug-likeness (QED) is 0.611. The van der Waals surface area contributed by atoms with E-state index in [1.54, 1.807) is 0 Å². The number of hydrogen-bond acceptors (Lipinski definition) is 4. The normalized spacial score (nSPS) is 16.0. The monoisotopic (exact) mass is 475 g/mol. The summed E-state index contributed by atoms with van der Waals surface area (Å²) in [4.78, 5) is 3.73. The van der Waals surface area contributed by atoms with E-state index in [0.29, 0.717) is 19.0 Å². The van der Waals surface area contributed by atoms with Gasteiger partial charge >= 0.3 is 6.18 Å². The molecule has 0 bridgehead atoms. The molecule has 170 valence electrons. The van der Waals surface area contributed by atoms with E-state index in [1.165, 1.54) is 11.3 Å². The van der Waals surface area contributed by atoms with Crippen LogP contribution in [0.15, 0.2) is 47.4 Å². The van der Waals surface area contributed by atoms with Gasteiger partial charge in [0.2, 0.25) is 10.0 Å². The summed E-state index contributed by atoms with van der Waals surface area (Å²) in [6.07, 6.45) is -4.31. The predicted molar refractivity (Wildman–Crippen MR) is 116 cm³/mol. The zero-order valence-electron chi connectivity index (χ0n) is 17.1. The lowest BCUT2D eigenvalue weighted by molar-refractivity contribution is -0.139. The van der Waals surface area contributed by atoms with Gasteiger partial charge in [0.25, 0.3) is 0 Å². The van der Waals surface area contributed by atoms with Crippen LogP contribution in [0.5, 0.6) is 0 Å². The molecule has 0 saturated carbocycles. The van der Waals surface area contributed by atoms with Crippen LogP contribution >= 0.6 is 11.6 Å². The van der Waals surface area contributed by atoms with Crippen molar-refractivity contribution in [2.45, 2.75) is 24.4 Å². The number of rotatable bonds is 7. The Morgan fingerprint density at radius 1 is 1.06 bits per heavy atom. The molecule has 0 amide bonds. The zero-order valence-corrected chi connectivity index (χ0v) is 18.7. The Hall–Kier alpha value is -1.81. The zero-order chi connectivity index (χ0) is 22.6. The fourth-order valence-electron chi connectivity index (χ4n) is 3.60. The summed E-state index contributed by atoms with van der Waals surface area (Å²) in [6, 6.07) is 11.0. The van der Waals surface area contributed by atoms with Gasteiger partial charge in [0.05, 0.1) is 10.5 Å². The molecule has 1 saturated heterocycles. The molecule has 0 unspecified atom stereocenters. The number of piperazine rings is 1. The summed E-state index contributed by atoms with van der Waals surface area (Å²) < 4.78 is 66.7. The number of benzene rings is 2. The van der Waals surface area contributed by atoms with Gasteiger partial charge in [-0.2, -0.15) is 13.2 Å². The van der Waals surface area contributed by atoms with Crippen LogP contribution in [-0.2, 0) is 16.2 Å². The average Bonchev–Trinajstić information content (AvgIpc) is 2.71. The first-order chi connectivity index (χ1) is 14.6. The van der Waals surface area contributed by atoms with Crippen LogP contribution in [-0.4, -0.2) is 52.6 Å². The fraction of sp³-hybridized carbons (Fsp3) is 0.429. The number of hydrogen-bond donors (Lipinski definition) is 1. The van der Waals surface area contributed by atoms with Crippen molar-refractivity contribution in [3.63, 3.8) is 0 Å². The second-order valence-electron chi connectivity index (χ2n) is 7.56. The second kappa shape index (κ2) is 9.77. The van der Waals surface area contributed by atoms with Crippen LogP contribution in [0.25, 0.3) is 0 Å². The molecule has 0 spiro atoms. The van der Waals surface area contributed by atoms with E-state index in [9.17, 15) is 21.6 Å². The SMILES string of the molecule is Cc1cccc(N2CCN(CCCNS(=O)(=O)c3ccc(Cl)cc3C(F)(F)F)CC2)c1. The molecular weight excluding hydrogens is 451 g/mol. The minimum Gasteiger partial charge on any atom is -0.369 e. The maximum atomic E-state index is 13.2. The maximum absolute atomic E-state index is 13.2. The molecule has 0 atom stereocenters. The molecule has 1 N–H and O–H groups in total. The summed E-state index contributed by atoms with van der Waals surface area (Å²) in [5, 5.41) is -0.170. The number of aryl methyl sites for hydroxylation is 1. The summed E-state index contributed by atoms with van der Waals surface area (Å²) >= 11 is 5.62. The second-order valence-corrected chi connectivity index (χ2v) is 9.73. The Labute approximate surface area is 185 Å². The lowest BCUT2D eigenvalue weighted by atomic mass is 10.2. The van der Waals surface area contributed by atoms with Crippen LogP contribution < -0.4 is 9.62 Å². The first kappa shape index (κ1) is 23.8. The van der Waals surface area contributed by atoms with Gasteiger partial charge in [-0.05, 0) is 55.8 Å². The summed E-state index contributed by atoms with van der Waals surface area (Å²) in [5.41, 5.74) is 1.14. The van der Waals surface area contributed by atoms with Crippen molar-refractivity contribution in [3.8, 4) is 0 Å². The van der Waals surface area contributed by atoms with Crippen molar-refractivity contribution in [2.75, 3.05) is 44.2 Å². The smallest absolute Gasteiger partial charge is 0.369 e. The van der Waals surface area contributed by atoms with Gasteiger partial charge in [0.1, 0.15) is 0 Å². The van der Waals surface area contributed by atoms with Gasteiger partial charge in [0.15, 0.2) is 0 Å². The average molecular weight is 476 g/mol. The Balaban J connectivity index is 1.49. The largest absolute Gasteiger partial charge is 0.417 e. The van der Waals surface area contributed by atoms with E-state index in [4.69, 9.17) is 11.6 Å². The molecule has 1 aliphatic heterocycles. The van der Waals surface area contributed by atoms with Gasteiger partial charge in [-0.25, -0.2) is 13.1 Å². The van der Waals surface area contributed by atoms with Crippen molar-refractivity contribution in [2.24, 2.45) is 0 Å². The van der Waals surface area contributed by atoms with Crippen molar-refractivity contribution in [1.82, 2.24) is 9.62 Å². The standard InChI is InChI=1S/C21H25ClF3N3O2S/c1-16-4-2-5-18(14-16)28-12-10-27(11-13-28)9-3-8-26-31(29,30)20-7-6-17(22)15-19(20)21(23,24)25/h2,4-7,14-15,26H,3,8-13H2,1H3. The van der Waals surface area contributed by atoms with Gasteiger partial charge in [-0.15, -0.1) is 0 Å². The van der Waals surface area contributed by atoms with Gasteiger partial charge < -0.3 is 4.90 Å². The van der Waals surface area contributed by atoms with Crippen LogP contribution in [0.4, 0.5) is 18.9 Å². The third-order valence-corrected chi connectivity index (χ3v) is 6.97. The third-order valence-electron chi connectivity index (χ3n) is 5.22. The summed E-state index contributed by atoms with van der Waals surface area (Å²) in [5.74, 6) is 0. The molecular formula is C21H25ClF3N3O2S. The topological polar surface area (TPSA) is 52.6 Å². The summed E-state index contributed by atoms with van der Waals surface area (Å²) in [6.45, 7) is 6.20. The highest BCUT2D eigenvalue weighted by atomic mass is 35.5. The molecule has 1 fully saturated rings. The van der Waals surface area contributed by atoms with Crippen molar-refractivity contribution < 1.29 is 21.6 Å². The van der Waals surface area contributed by atoms with E-state index in [1.807, 2.05) is 6.07 Å². The minimum atomic E-state index is -4.81. The first-order valence-corrected chi connectivity index (χ1v) is 11.8. The van der Waals surface area contributed by atoms with Crippen LogP contribution in [0.3, 0.4) is 0 Å². The molecule has 5 nitrogen and oxygen atoms in total. The molecule has 1 heterocycles. The van der Waals surface area contributed by atoms with Crippen molar-refractivity contribution in [1.29, 1.82) is 0 Å². The first-order valence-electron chi connectivity index (χ1n) is 9.97.